The lowest BCUT2D eigenvalue weighted by atomic mass is 9.96. The number of hydrogen-bond acceptors (Lipinski definition) is 4. The molecule has 0 spiro atoms. The lowest BCUT2D eigenvalue weighted by Gasteiger charge is -2.23. The molecule has 0 aliphatic carbocycles. The molecule has 0 fully saturated rings. The van der Waals surface area contributed by atoms with Crippen LogP contribution in [-0.2, 0) is 14.8 Å². The van der Waals surface area contributed by atoms with Crippen LogP contribution in [0.5, 0.6) is 0 Å². The Hall–Kier alpha value is -0.690. The fraction of sp³-hybridized carbons (Fsp3) is 0.733. The van der Waals surface area contributed by atoms with Crippen LogP contribution in [0.15, 0.2) is 23.8 Å². The monoisotopic (exact) mass is 317 g/mol. The van der Waals surface area contributed by atoms with Crippen molar-refractivity contribution in [2.24, 2.45) is 5.92 Å². The molecule has 5 nitrogen and oxygen atoms in total. The van der Waals surface area contributed by atoms with Gasteiger partial charge >= 0.3 is 0 Å². The van der Waals surface area contributed by atoms with Gasteiger partial charge in [0.15, 0.2) is 0 Å². The number of allylic oxidation sites excluding steroid dienone is 1. The van der Waals surface area contributed by atoms with E-state index < -0.39 is 16.1 Å². The number of aliphatic hydroxyl groups excluding tert-OH is 1. The first-order valence-electron chi connectivity index (χ1n) is 7.38. The highest BCUT2D eigenvalue weighted by atomic mass is 32.2. The third kappa shape index (κ3) is 6.74. The first-order valence-corrected chi connectivity index (χ1v) is 9.03. The van der Waals surface area contributed by atoms with Crippen molar-refractivity contribution in [1.29, 1.82) is 0 Å². The summed E-state index contributed by atoms with van der Waals surface area (Å²) in [7, 11) is -1.63. The Morgan fingerprint density at radius 3 is 2.76 bits per heavy atom. The zero-order chi connectivity index (χ0) is 15.9. The highest BCUT2D eigenvalue weighted by Gasteiger charge is 2.21. The lowest BCUT2D eigenvalue weighted by molar-refractivity contribution is -0.00185. The minimum absolute atomic E-state index is 0.118. The largest absolute Gasteiger partial charge is 0.389 e. The van der Waals surface area contributed by atoms with E-state index in [1.165, 1.54) is 0 Å². The number of hydrogen-bond donors (Lipinski definition) is 2. The molecule has 6 heteroatoms. The summed E-state index contributed by atoms with van der Waals surface area (Å²) in [6, 6.07) is 0. The Morgan fingerprint density at radius 1 is 1.38 bits per heavy atom. The summed E-state index contributed by atoms with van der Waals surface area (Å²) in [5, 5.41) is 10.3. The minimum atomic E-state index is -3.21. The van der Waals surface area contributed by atoms with Crippen molar-refractivity contribution in [3.8, 4) is 0 Å². The molecule has 0 aromatic heterocycles. The van der Waals surface area contributed by atoms with Crippen LogP contribution < -0.4 is 4.72 Å². The summed E-state index contributed by atoms with van der Waals surface area (Å²) in [5.74, 6) is 0.0343. The zero-order valence-corrected chi connectivity index (χ0v) is 13.9. The highest BCUT2D eigenvalue weighted by Crippen LogP contribution is 2.15. The second kappa shape index (κ2) is 8.68. The molecule has 21 heavy (non-hydrogen) atoms. The van der Waals surface area contributed by atoms with E-state index in [1.54, 1.807) is 7.11 Å². The fourth-order valence-corrected chi connectivity index (χ4v) is 3.49. The van der Waals surface area contributed by atoms with Crippen LogP contribution in [0.1, 0.15) is 33.1 Å². The third-order valence-corrected chi connectivity index (χ3v) is 5.04. The van der Waals surface area contributed by atoms with E-state index in [9.17, 15) is 13.5 Å². The molecule has 0 aromatic rings. The van der Waals surface area contributed by atoms with Gasteiger partial charge in [-0.25, -0.2) is 13.1 Å². The molecule has 0 unspecified atom stereocenters. The molecule has 1 aliphatic heterocycles. The van der Waals surface area contributed by atoms with Gasteiger partial charge in [-0.2, -0.15) is 0 Å². The first-order chi connectivity index (χ1) is 9.85. The Kier molecular flexibility index (Phi) is 7.59. The van der Waals surface area contributed by atoms with E-state index in [0.717, 1.165) is 18.4 Å². The average molecular weight is 317 g/mol. The molecule has 1 heterocycles. The molecule has 0 saturated carbocycles. The van der Waals surface area contributed by atoms with Crippen molar-refractivity contribution in [3.63, 3.8) is 0 Å². The molecular formula is C15H27NO4S. The number of nitrogens with one attached hydrogen (secondary N) is 1. The molecule has 1 aliphatic rings. The molecule has 122 valence electrons. The van der Waals surface area contributed by atoms with Gasteiger partial charge in [0, 0.05) is 19.6 Å². The average Bonchev–Trinajstić information content (AvgIpc) is 2.43. The molecule has 0 saturated heterocycles. The summed E-state index contributed by atoms with van der Waals surface area (Å²) in [4.78, 5) is 0. The van der Waals surface area contributed by atoms with Gasteiger partial charge in [-0.3, -0.25) is 0 Å². The maximum Gasteiger partial charge on any atom is 0.211 e. The molecule has 0 bridgehead atoms. The second-order valence-electron chi connectivity index (χ2n) is 5.63. The predicted octanol–water partition coefficient (Wildman–Crippen LogP) is 1.60. The Labute approximate surface area is 128 Å². The van der Waals surface area contributed by atoms with Crippen LogP contribution in [0, 0.1) is 5.92 Å². The minimum Gasteiger partial charge on any atom is -0.389 e. The standard InChI is InChI=1S/C15H27NO4S/c1-12-10-13(2)15(17)14(20-3)8-6-4-5-7-9-21(18,19)16-11-12/h6,8,10,13-17H,4-5,7,9,11H2,1-3H3/b8-6+,12-10-/t13-,14+,15+/m1/s1. The lowest BCUT2D eigenvalue weighted by Crippen LogP contribution is -2.32. The van der Waals surface area contributed by atoms with Gasteiger partial charge in [0.2, 0.25) is 10.0 Å². The second-order valence-corrected chi connectivity index (χ2v) is 7.55. The van der Waals surface area contributed by atoms with E-state index in [2.05, 4.69) is 4.72 Å². The maximum absolute atomic E-state index is 11.8. The van der Waals surface area contributed by atoms with Crippen molar-refractivity contribution in [3.05, 3.63) is 23.8 Å². The summed E-state index contributed by atoms with van der Waals surface area (Å²) in [5.41, 5.74) is 0.890. The smallest absolute Gasteiger partial charge is 0.211 e. The van der Waals surface area contributed by atoms with Crippen LogP contribution in [-0.4, -0.2) is 45.1 Å². The summed E-state index contributed by atoms with van der Waals surface area (Å²) < 4.78 is 31.5. The quantitative estimate of drug-likeness (QED) is 0.720. The van der Waals surface area contributed by atoms with Crippen LogP contribution in [0.2, 0.25) is 0 Å². The first kappa shape index (κ1) is 18.4. The van der Waals surface area contributed by atoms with Crippen LogP contribution in [0.3, 0.4) is 0 Å². The number of methoxy groups -OCH3 is 1. The van der Waals surface area contributed by atoms with Crippen LogP contribution in [0.4, 0.5) is 0 Å². The van der Waals surface area contributed by atoms with E-state index in [4.69, 9.17) is 4.74 Å². The van der Waals surface area contributed by atoms with Gasteiger partial charge < -0.3 is 9.84 Å². The van der Waals surface area contributed by atoms with Gasteiger partial charge in [-0.05, 0) is 26.2 Å². The molecule has 2 N–H and O–H groups in total. The number of rotatable bonds is 1. The summed E-state index contributed by atoms with van der Waals surface area (Å²) >= 11 is 0. The number of ether oxygens (including phenoxy) is 1. The molecular weight excluding hydrogens is 290 g/mol. The molecule has 0 amide bonds. The Balaban J connectivity index is 2.88. The maximum atomic E-state index is 11.8. The Morgan fingerprint density at radius 2 is 2.10 bits per heavy atom. The van der Waals surface area contributed by atoms with Crippen molar-refractivity contribution in [2.45, 2.75) is 45.3 Å². The Bertz CT molecular complexity index is 470. The third-order valence-electron chi connectivity index (χ3n) is 3.63. The van der Waals surface area contributed by atoms with Crippen molar-refractivity contribution < 1.29 is 18.3 Å². The highest BCUT2D eigenvalue weighted by molar-refractivity contribution is 7.89. The van der Waals surface area contributed by atoms with Gasteiger partial charge in [0.25, 0.3) is 0 Å². The van der Waals surface area contributed by atoms with Gasteiger partial charge in [0.05, 0.1) is 11.9 Å². The van der Waals surface area contributed by atoms with Crippen molar-refractivity contribution in [1.82, 2.24) is 4.72 Å². The summed E-state index contributed by atoms with van der Waals surface area (Å²) in [6.45, 7) is 4.04. The van der Waals surface area contributed by atoms with Gasteiger partial charge in [-0.15, -0.1) is 0 Å². The number of aliphatic hydroxyl groups is 1. The number of sulfonamides is 1. The molecule has 3 atom stereocenters. The van der Waals surface area contributed by atoms with E-state index in [0.29, 0.717) is 6.42 Å². The zero-order valence-electron chi connectivity index (χ0n) is 13.1. The summed E-state index contributed by atoms with van der Waals surface area (Å²) in [6.07, 6.45) is 6.91. The fourth-order valence-electron chi connectivity index (χ4n) is 2.32. The normalized spacial score (nSPS) is 36.2. The molecule has 1 rings (SSSR count). The van der Waals surface area contributed by atoms with Crippen LogP contribution >= 0.6 is 0 Å². The van der Waals surface area contributed by atoms with Crippen molar-refractivity contribution in [2.75, 3.05) is 19.4 Å². The molecule has 0 aromatic carbocycles. The van der Waals surface area contributed by atoms with Gasteiger partial charge in [-0.1, -0.05) is 30.7 Å². The van der Waals surface area contributed by atoms with Gasteiger partial charge in [0.1, 0.15) is 6.10 Å². The van der Waals surface area contributed by atoms with Crippen molar-refractivity contribution >= 4 is 10.0 Å². The topological polar surface area (TPSA) is 75.6 Å². The molecule has 0 radical (unpaired) electrons. The SMILES string of the molecule is CO[C@H]1/C=C/CCCCS(=O)(=O)NC/C(C)=C\[C@@H](C)[C@@H]1O. The van der Waals surface area contributed by atoms with Crippen LogP contribution in [0.25, 0.3) is 0 Å². The van der Waals surface area contributed by atoms with E-state index >= 15 is 0 Å². The van der Waals surface area contributed by atoms with E-state index in [-0.39, 0.29) is 24.3 Å². The van der Waals surface area contributed by atoms with E-state index in [1.807, 2.05) is 32.1 Å². The predicted molar refractivity (Wildman–Crippen MR) is 84.5 cm³/mol.